The first kappa shape index (κ1) is 14.5. The van der Waals surface area contributed by atoms with Crippen molar-refractivity contribution in [2.75, 3.05) is 7.05 Å². The molecule has 21 heavy (non-hydrogen) atoms. The van der Waals surface area contributed by atoms with E-state index in [9.17, 15) is 4.39 Å². The van der Waals surface area contributed by atoms with Gasteiger partial charge in [0.2, 0.25) is 0 Å². The molecule has 108 valence electrons. The molecule has 0 amide bonds. The van der Waals surface area contributed by atoms with E-state index in [-0.39, 0.29) is 11.9 Å². The Balaban J connectivity index is 2.00. The average molecular weight is 318 g/mol. The monoisotopic (exact) mass is 318 g/mol. The van der Waals surface area contributed by atoms with Crippen molar-refractivity contribution in [2.45, 2.75) is 22.2 Å². The Kier molecular flexibility index (Phi) is 4.24. The van der Waals surface area contributed by atoms with E-state index in [1.165, 1.54) is 17.8 Å². The summed E-state index contributed by atoms with van der Waals surface area (Å²) in [6, 6.07) is 13.3. The average Bonchev–Trinajstić information content (AvgIpc) is 2.91. The van der Waals surface area contributed by atoms with Gasteiger partial charge >= 0.3 is 0 Å². The van der Waals surface area contributed by atoms with Gasteiger partial charge in [0, 0.05) is 6.04 Å². The van der Waals surface area contributed by atoms with Crippen molar-refractivity contribution >= 4 is 33.3 Å². The molecular formula is C16H15FN2S2. The summed E-state index contributed by atoms with van der Waals surface area (Å²) in [7, 11) is 1.88. The molecule has 2 nitrogen and oxygen atoms in total. The van der Waals surface area contributed by atoms with Gasteiger partial charge in [-0.05, 0) is 37.7 Å². The standard InChI is InChI=1S/C16H15FN2S2/c1-10(18-2)11-6-5-7-12(17)15(11)21-16-19-13-8-3-4-9-14(13)20-16/h3-10,18H,1-2H3. The molecule has 0 aliphatic heterocycles. The largest absolute Gasteiger partial charge is 0.313 e. The summed E-state index contributed by atoms with van der Waals surface area (Å²) in [6.07, 6.45) is 0. The SMILES string of the molecule is CNC(C)c1cccc(F)c1Sc1nc2ccccc2s1. The fourth-order valence-corrected chi connectivity index (χ4v) is 4.34. The van der Waals surface area contributed by atoms with Crippen LogP contribution in [0.3, 0.4) is 0 Å². The number of halogens is 1. The molecule has 0 aliphatic rings. The molecule has 5 heteroatoms. The summed E-state index contributed by atoms with van der Waals surface area (Å²) in [5, 5.41) is 3.16. The van der Waals surface area contributed by atoms with Gasteiger partial charge in [-0.1, -0.05) is 36.0 Å². The van der Waals surface area contributed by atoms with Gasteiger partial charge in [-0.25, -0.2) is 9.37 Å². The number of nitrogens with one attached hydrogen (secondary N) is 1. The number of hydrogen-bond donors (Lipinski definition) is 1. The predicted octanol–water partition coefficient (Wildman–Crippen LogP) is 4.87. The van der Waals surface area contributed by atoms with Crippen molar-refractivity contribution in [3.8, 4) is 0 Å². The highest BCUT2D eigenvalue weighted by molar-refractivity contribution is 8.01. The molecule has 1 unspecified atom stereocenters. The number of para-hydroxylation sites is 1. The molecule has 0 spiro atoms. The van der Waals surface area contributed by atoms with Crippen LogP contribution in [0.25, 0.3) is 10.2 Å². The van der Waals surface area contributed by atoms with E-state index >= 15 is 0 Å². The van der Waals surface area contributed by atoms with Crippen LogP contribution in [0.15, 0.2) is 51.7 Å². The van der Waals surface area contributed by atoms with Gasteiger partial charge < -0.3 is 5.32 Å². The molecule has 2 aromatic carbocycles. The Hall–Kier alpha value is -1.43. The lowest BCUT2D eigenvalue weighted by atomic mass is 10.1. The third kappa shape index (κ3) is 2.95. The normalized spacial score (nSPS) is 12.7. The fourth-order valence-electron chi connectivity index (χ4n) is 2.11. The number of fused-ring (bicyclic) bond motifs is 1. The second-order valence-corrected chi connectivity index (χ2v) is 7.01. The number of rotatable bonds is 4. The summed E-state index contributed by atoms with van der Waals surface area (Å²) >= 11 is 3.00. The summed E-state index contributed by atoms with van der Waals surface area (Å²) < 4.78 is 16.2. The van der Waals surface area contributed by atoms with E-state index in [0.29, 0.717) is 4.90 Å². The molecule has 0 radical (unpaired) electrons. The van der Waals surface area contributed by atoms with Crippen LogP contribution in [-0.2, 0) is 0 Å². The molecule has 1 N–H and O–H groups in total. The van der Waals surface area contributed by atoms with E-state index in [2.05, 4.69) is 10.3 Å². The smallest absolute Gasteiger partial charge is 0.156 e. The Morgan fingerprint density at radius 1 is 1.19 bits per heavy atom. The fraction of sp³-hybridized carbons (Fsp3) is 0.188. The molecule has 0 saturated heterocycles. The van der Waals surface area contributed by atoms with Crippen molar-refractivity contribution in [3.05, 3.63) is 53.8 Å². The zero-order valence-corrected chi connectivity index (χ0v) is 13.4. The number of benzene rings is 2. The van der Waals surface area contributed by atoms with Gasteiger partial charge in [0.15, 0.2) is 4.34 Å². The van der Waals surface area contributed by atoms with Crippen LogP contribution in [0, 0.1) is 5.82 Å². The highest BCUT2D eigenvalue weighted by atomic mass is 32.2. The van der Waals surface area contributed by atoms with Crippen LogP contribution in [0.2, 0.25) is 0 Å². The molecular weight excluding hydrogens is 303 g/mol. The Morgan fingerprint density at radius 2 is 2.00 bits per heavy atom. The van der Waals surface area contributed by atoms with E-state index < -0.39 is 0 Å². The number of thiazole rings is 1. The first-order valence-corrected chi connectivity index (χ1v) is 8.31. The van der Waals surface area contributed by atoms with Crippen molar-refractivity contribution in [1.29, 1.82) is 0 Å². The molecule has 0 aliphatic carbocycles. The van der Waals surface area contributed by atoms with Gasteiger partial charge in [0.05, 0.1) is 15.1 Å². The maximum absolute atomic E-state index is 14.2. The number of aromatic nitrogens is 1. The van der Waals surface area contributed by atoms with Crippen molar-refractivity contribution < 1.29 is 4.39 Å². The van der Waals surface area contributed by atoms with E-state index in [1.807, 2.05) is 44.3 Å². The van der Waals surface area contributed by atoms with Crippen LogP contribution in [-0.4, -0.2) is 12.0 Å². The van der Waals surface area contributed by atoms with Gasteiger partial charge in [0.1, 0.15) is 5.82 Å². The summed E-state index contributed by atoms with van der Waals surface area (Å²) in [5.41, 5.74) is 1.92. The van der Waals surface area contributed by atoms with Crippen molar-refractivity contribution in [3.63, 3.8) is 0 Å². The molecule has 0 bridgehead atoms. The van der Waals surface area contributed by atoms with Gasteiger partial charge in [-0.15, -0.1) is 11.3 Å². The van der Waals surface area contributed by atoms with E-state index in [1.54, 1.807) is 17.4 Å². The first-order chi connectivity index (χ1) is 10.2. The molecule has 1 atom stereocenters. The molecule has 3 rings (SSSR count). The van der Waals surface area contributed by atoms with Gasteiger partial charge in [0.25, 0.3) is 0 Å². The molecule has 3 aromatic rings. The highest BCUT2D eigenvalue weighted by Gasteiger charge is 2.16. The van der Waals surface area contributed by atoms with Crippen molar-refractivity contribution in [1.82, 2.24) is 10.3 Å². The lowest BCUT2D eigenvalue weighted by molar-refractivity contribution is 0.576. The molecule has 1 heterocycles. The topological polar surface area (TPSA) is 24.9 Å². The predicted molar refractivity (Wildman–Crippen MR) is 87.6 cm³/mol. The molecule has 0 saturated carbocycles. The van der Waals surface area contributed by atoms with Gasteiger partial charge in [-0.3, -0.25) is 0 Å². The van der Waals surface area contributed by atoms with Crippen LogP contribution in [0.5, 0.6) is 0 Å². The summed E-state index contributed by atoms with van der Waals surface area (Å²) in [5.74, 6) is -0.196. The number of nitrogens with zero attached hydrogens (tertiary/aromatic N) is 1. The minimum absolute atomic E-state index is 0.0950. The summed E-state index contributed by atoms with van der Waals surface area (Å²) in [4.78, 5) is 5.22. The minimum atomic E-state index is -0.196. The quantitative estimate of drug-likeness (QED) is 0.743. The first-order valence-electron chi connectivity index (χ1n) is 6.68. The lowest BCUT2D eigenvalue weighted by Gasteiger charge is -2.15. The van der Waals surface area contributed by atoms with Crippen LogP contribution >= 0.6 is 23.1 Å². The Morgan fingerprint density at radius 3 is 2.76 bits per heavy atom. The molecule has 0 fully saturated rings. The zero-order chi connectivity index (χ0) is 14.8. The number of hydrogen-bond acceptors (Lipinski definition) is 4. The third-order valence-corrected chi connectivity index (χ3v) is 5.59. The second kappa shape index (κ2) is 6.13. The van der Waals surface area contributed by atoms with Crippen molar-refractivity contribution in [2.24, 2.45) is 0 Å². The van der Waals surface area contributed by atoms with E-state index in [4.69, 9.17) is 0 Å². The Bertz CT molecular complexity index is 737. The second-order valence-electron chi connectivity index (χ2n) is 4.72. The van der Waals surface area contributed by atoms with Crippen LogP contribution < -0.4 is 5.32 Å². The van der Waals surface area contributed by atoms with Crippen LogP contribution in [0.4, 0.5) is 4.39 Å². The Labute approximate surface area is 131 Å². The zero-order valence-electron chi connectivity index (χ0n) is 11.8. The third-order valence-electron chi connectivity index (χ3n) is 3.36. The lowest BCUT2D eigenvalue weighted by Crippen LogP contribution is -2.13. The van der Waals surface area contributed by atoms with Crippen LogP contribution in [0.1, 0.15) is 18.5 Å². The highest BCUT2D eigenvalue weighted by Crippen LogP contribution is 2.38. The maximum Gasteiger partial charge on any atom is 0.156 e. The summed E-state index contributed by atoms with van der Waals surface area (Å²) in [6.45, 7) is 2.02. The maximum atomic E-state index is 14.2. The minimum Gasteiger partial charge on any atom is -0.313 e. The van der Waals surface area contributed by atoms with Gasteiger partial charge in [-0.2, -0.15) is 0 Å². The molecule has 1 aromatic heterocycles. The van der Waals surface area contributed by atoms with E-state index in [0.717, 1.165) is 20.1 Å².